The van der Waals surface area contributed by atoms with E-state index in [2.05, 4.69) is 33.1 Å². The smallest absolute Gasteiger partial charge is 0.0196 e. The molecular formula is C14H26. The molecule has 1 unspecified atom stereocenters. The van der Waals surface area contributed by atoms with Crippen LogP contribution in [0.15, 0.2) is 36.5 Å². The first-order valence-corrected chi connectivity index (χ1v) is 5.60. The zero-order valence-corrected chi connectivity index (χ0v) is 10.6. The van der Waals surface area contributed by atoms with Crippen LogP contribution in [0.25, 0.3) is 0 Å². The normalized spacial score (nSPS) is 11.8. The van der Waals surface area contributed by atoms with Gasteiger partial charge in [0.05, 0.1) is 0 Å². The van der Waals surface area contributed by atoms with Gasteiger partial charge >= 0.3 is 0 Å². The average Bonchev–Trinajstić information content (AvgIpc) is 2.17. The van der Waals surface area contributed by atoms with Crippen LogP contribution in [-0.4, -0.2) is 0 Å². The second kappa shape index (κ2) is 10.3. The monoisotopic (exact) mass is 194 g/mol. The molecule has 0 aromatic rings. The molecule has 0 spiro atoms. The summed E-state index contributed by atoms with van der Waals surface area (Å²) in [6.07, 6.45) is 6.54. The van der Waals surface area contributed by atoms with E-state index in [1.807, 2.05) is 26.8 Å². The highest BCUT2D eigenvalue weighted by molar-refractivity contribution is 5.24. The lowest BCUT2D eigenvalue weighted by Gasteiger charge is -2.09. The highest BCUT2D eigenvalue weighted by Gasteiger charge is 2.00. The molecule has 0 radical (unpaired) electrons. The van der Waals surface area contributed by atoms with E-state index >= 15 is 0 Å². The van der Waals surface area contributed by atoms with Crippen LogP contribution in [0.1, 0.15) is 47.5 Å². The van der Waals surface area contributed by atoms with Gasteiger partial charge in [-0.25, -0.2) is 0 Å². The van der Waals surface area contributed by atoms with Crippen molar-refractivity contribution in [1.82, 2.24) is 0 Å². The van der Waals surface area contributed by atoms with Gasteiger partial charge < -0.3 is 0 Å². The standard InChI is InChI=1S/C12H20.C2H6/c1-6-7-11(4)12(5)9-8-10(2)3;1-2/h8-9,11H,2,5-7H2,1,3-4H3;1-2H3/b9-8-;. The summed E-state index contributed by atoms with van der Waals surface area (Å²) in [5.41, 5.74) is 2.29. The second-order valence-electron chi connectivity index (χ2n) is 3.44. The molecule has 1 atom stereocenters. The minimum Gasteiger partial charge on any atom is -0.0961 e. The largest absolute Gasteiger partial charge is 0.0961 e. The molecule has 0 heterocycles. The van der Waals surface area contributed by atoms with E-state index in [0.29, 0.717) is 5.92 Å². The van der Waals surface area contributed by atoms with Crippen molar-refractivity contribution in [3.8, 4) is 0 Å². The van der Waals surface area contributed by atoms with Gasteiger partial charge in [0.15, 0.2) is 0 Å². The summed E-state index contributed by atoms with van der Waals surface area (Å²) in [4.78, 5) is 0. The number of hydrogen-bond donors (Lipinski definition) is 0. The Morgan fingerprint density at radius 2 is 1.71 bits per heavy atom. The molecule has 0 rings (SSSR count). The zero-order valence-electron chi connectivity index (χ0n) is 10.6. The molecule has 0 fully saturated rings. The maximum atomic E-state index is 4.02. The molecule has 0 heteroatoms. The summed E-state index contributed by atoms with van der Waals surface area (Å²) in [5, 5.41) is 0. The summed E-state index contributed by atoms with van der Waals surface area (Å²) < 4.78 is 0. The predicted molar refractivity (Wildman–Crippen MR) is 68.5 cm³/mol. The van der Waals surface area contributed by atoms with Gasteiger partial charge in [0, 0.05) is 0 Å². The second-order valence-corrected chi connectivity index (χ2v) is 3.44. The van der Waals surface area contributed by atoms with Crippen molar-refractivity contribution in [2.45, 2.75) is 47.5 Å². The highest BCUT2D eigenvalue weighted by Crippen LogP contribution is 2.15. The highest BCUT2D eigenvalue weighted by atomic mass is 14.1. The van der Waals surface area contributed by atoms with Crippen molar-refractivity contribution in [1.29, 1.82) is 0 Å². The fourth-order valence-corrected chi connectivity index (χ4v) is 1.03. The summed E-state index contributed by atoms with van der Waals surface area (Å²) in [6, 6.07) is 0. The van der Waals surface area contributed by atoms with E-state index < -0.39 is 0 Å². The Bertz CT molecular complexity index is 184. The Hall–Kier alpha value is -0.780. The van der Waals surface area contributed by atoms with E-state index in [0.717, 1.165) is 5.57 Å². The van der Waals surface area contributed by atoms with Crippen molar-refractivity contribution in [2.75, 3.05) is 0 Å². The molecule has 0 amide bonds. The molecule has 0 nitrogen and oxygen atoms in total. The van der Waals surface area contributed by atoms with Crippen LogP contribution in [0, 0.1) is 5.92 Å². The third-order valence-electron chi connectivity index (χ3n) is 1.94. The molecule has 0 saturated carbocycles. The van der Waals surface area contributed by atoms with Crippen LogP contribution in [0.5, 0.6) is 0 Å². The van der Waals surface area contributed by atoms with Gasteiger partial charge in [-0.3, -0.25) is 0 Å². The molecule has 0 aromatic carbocycles. The fraction of sp³-hybridized carbons (Fsp3) is 0.571. The molecule has 0 aromatic heterocycles. The van der Waals surface area contributed by atoms with Gasteiger partial charge in [-0.15, -0.1) is 0 Å². The number of allylic oxidation sites excluding steroid dienone is 4. The Morgan fingerprint density at radius 3 is 2.07 bits per heavy atom. The minimum atomic E-state index is 0.602. The average molecular weight is 194 g/mol. The Balaban J connectivity index is 0. The van der Waals surface area contributed by atoms with Crippen LogP contribution in [0.4, 0.5) is 0 Å². The van der Waals surface area contributed by atoms with E-state index in [1.54, 1.807) is 0 Å². The van der Waals surface area contributed by atoms with Gasteiger partial charge in [0.2, 0.25) is 0 Å². The van der Waals surface area contributed by atoms with Gasteiger partial charge in [0.25, 0.3) is 0 Å². The Labute approximate surface area is 90.4 Å². The lowest BCUT2D eigenvalue weighted by atomic mass is 9.97. The van der Waals surface area contributed by atoms with Crippen LogP contribution in [0.3, 0.4) is 0 Å². The van der Waals surface area contributed by atoms with Crippen LogP contribution < -0.4 is 0 Å². The zero-order chi connectivity index (χ0) is 11.6. The van der Waals surface area contributed by atoms with E-state index in [9.17, 15) is 0 Å². The first kappa shape index (κ1) is 15.7. The Morgan fingerprint density at radius 1 is 1.21 bits per heavy atom. The van der Waals surface area contributed by atoms with E-state index in [-0.39, 0.29) is 0 Å². The molecule has 82 valence electrons. The Kier molecular flexibility index (Phi) is 11.5. The topological polar surface area (TPSA) is 0 Å². The van der Waals surface area contributed by atoms with Crippen molar-refractivity contribution >= 4 is 0 Å². The molecule has 0 bridgehead atoms. The van der Waals surface area contributed by atoms with Crippen LogP contribution in [-0.2, 0) is 0 Å². The molecular weight excluding hydrogens is 168 g/mol. The molecule has 0 N–H and O–H groups in total. The predicted octanol–water partition coefficient (Wildman–Crippen LogP) is 5.14. The van der Waals surface area contributed by atoms with E-state index in [1.165, 1.54) is 18.4 Å². The maximum Gasteiger partial charge on any atom is -0.0196 e. The molecule has 0 aliphatic carbocycles. The van der Waals surface area contributed by atoms with Gasteiger partial charge in [0.1, 0.15) is 0 Å². The quantitative estimate of drug-likeness (QED) is 0.532. The third kappa shape index (κ3) is 9.31. The molecule has 0 aliphatic heterocycles. The number of rotatable bonds is 5. The van der Waals surface area contributed by atoms with Crippen molar-refractivity contribution < 1.29 is 0 Å². The van der Waals surface area contributed by atoms with E-state index in [4.69, 9.17) is 0 Å². The molecule has 0 aliphatic rings. The summed E-state index contributed by atoms with van der Waals surface area (Å²) in [6.45, 7) is 18.2. The lowest BCUT2D eigenvalue weighted by Crippen LogP contribution is -1.94. The first-order valence-electron chi connectivity index (χ1n) is 5.60. The SMILES string of the molecule is C=C(C)/C=C\C(=C)C(C)CCC.CC. The first-order chi connectivity index (χ1) is 6.57. The summed E-state index contributed by atoms with van der Waals surface area (Å²) >= 11 is 0. The van der Waals surface area contributed by atoms with Crippen LogP contribution >= 0.6 is 0 Å². The van der Waals surface area contributed by atoms with Crippen molar-refractivity contribution in [2.24, 2.45) is 5.92 Å². The van der Waals surface area contributed by atoms with Gasteiger partial charge in [-0.1, -0.05) is 70.6 Å². The summed E-state index contributed by atoms with van der Waals surface area (Å²) in [7, 11) is 0. The lowest BCUT2D eigenvalue weighted by molar-refractivity contribution is 0.614. The third-order valence-corrected chi connectivity index (χ3v) is 1.94. The van der Waals surface area contributed by atoms with Crippen LogP contribution in [0.2, 0.25) is 0 Å². The minimum absolute atomic E-state index is 0.602. The van der Waals surface area contributed by atoms with Crippen molar-refractivity contribution in [3.05, 3.63) is 36.5 Å². The van der Waals surface area contributed by atoms with Gasteiger partial charge in [-0.2, -0.15) is 0 Å². The fourth-order valence-electron chi connectivity index (χ4n) is 1.03. The molecule has 14 heavy (non-hydrogen) atoms. The summed E-state index contributed by atoms with van der Waals surface area (Å²) in [5.74, 6) is 0.602. The maximum absolute atomic E-state index is 4.02. The number of hydrogen-bond acceptors (Lipinski definition) is 0. The van der Waals surface area contributed by atoms with Gasteiger partial charge in [-0.05, 0) is 19.3 Å². The van der Waals surface area contributed by atoms with Crippen molar-refractivity contribution in [3.63, 3.8) is 0 Å². The molecule has 0 saturated heterocycles.